The van der Waals surface area contributed by atoms with Gasteiger partial charge in [-0.3, -0.25) is 9.69 Å². The monoisotopic (exact) mass is 225 g/mol. The Morgan fingerprint density at radius 2 is 2.00 bits per heavy atom. The average molecular weight is 225 g/mol. The predicted octanol–water partition coefficient (Wildman–Crippen LogP) is 2.51. The second kappa shape index (κ2) is 4.74. The maximum absolute atomic E-state index is 11.1. The molecule has 3 heteroatoms. The maximum atomic E-state index is 11.1. The standard InChI is InChI=1S/C13H23NO2/c1-13(7-3-2-4-8-13)10-14-9-5-6-11(14)12(15)16/h11H,2-10H2,1H3,(H,15,16). The number of hydrogen-bond acceptors (Lipinski definition) is 2. The van der Waals surface area contributed by atoms with Gasteiger partial charge in [0.05, 0.1) is 0 Å². The third-order valence-electron chi connectivity index (χ3n) is 4.29. The van der Waals surface area contributed by atoms with Crippen LogP contribution < -0.4 is 0 Å². The molecule has 1 saturated heterocycles. The number of hydrogen-bond donors (Lipinski definition) is 1. The topological polar surface area (TPSA) is 40.5 Å². The van der Waals surface area contributed by atoms with E-state index in [2.05, 4.69) is 11.8 Å². The Hall–Kier alpha value is -0.570. The SMILES string of the molecule is CC1(CN2CCCC2C(=O)O)CCCCC1. The molecule has 0 aromatic heterocycles. The molecule has 1 atom stereocenters. The van der Waals surface area contributed by atoms with Gasteiger partial charge in [-0.05, 0) is 37.6 Å². The Kier molecular flexibility index (Phi) is 3.53. The molecule has 0 amide bonds. The van der Waals surface area contributed by atoms with Gasteiger partial charge < -0.3 is 5.11 Å². The lowest BCUT2D eigenvalue weighted by atomic mass is 9.75. The van der Waals surface area contributed by atoms with Crippen LogP contribution in [0.1, 0.15) is 51.9 Å². The Labute approximate surface area is 97.8 Å². The molecule has 1 aliphatic carbocycles. The number of rotatable bonds is 3. The van der Waals surface area contributed by atoms with Crippen molar-refractivity contribution in [3.63, 3.8) is 0 Å². The highest BCUT2D eigenvalue weighted by molar-refractivity contribution is 5.73. The number of nitrogens with zero attached hydrogens (tertiary/aromatic N) is 1. The van der Waals surface area contributed by atoms with Crippen molar-refractivity contribution < 1.29 is 9.90 Å². The summed E-state index contributed by atoms with van der Waals surface area (Å²) in [6, 6.07) is -0.209. The molecule has 0 bridgehead atoms. The van der Waals surface area contributed by atoms with E-state index in [4.69, 9.17) is 5.11 Å². The van der Waals surface area contributed by atoms with Gasteiger partial charge in [0.2, 0.25) is 0 Å². The van der Waals surface area contributed by atoms with E-state index in [0.29, 0.717) is 5.41 Å². The number of carboxylic acid groups (broad SMARTS) is 1. The van der Waals surface area contributed by atoms with Crippen LogP contribution in [0.15, 0.2) is 0 Å². The first kappa shape index (κ1) is 11.9. The highest BCUT2D eigenvalue weighted by Gasteiger charge is 2.36. The van der Waals surface area contributed by atoms with Crippen molar-refractivity contribution in [3.05, 3.63) is 0 Å². The molecule has 0 spiro atoms. The first-order chi connectivity index (χ1) is 7.61. The van der Waals surface area contributed by atoms with Crippen molar-refractivity contribution in [2.75, 3.05) is 13.1 Å². The van der Waals surface area contributed by atoms with Gasteiger partial charge in [0.1, 0.15) is 6.04 Å². The van der Waals surface area contributed by atoms with Crippen LogP contribution in [0.3, 0.4) is 0 Å². The Balaban J connectivity index is 1.94. The molecular weight excluding hydrogens is 202 g/mol. The summed E-state index contributed by atoms with van der Waals surface area (Å²) < 4.78 is 0. The molecule has 2 fully saturated rings. The normalized spacial score (nSPS) is 30.4. The highest BCUT2D eigenvalue weighted by atomic mass is 16.4. The lowest BCUT2D eigenvalue weighted by molar-refractivity contribution is -0.142. The van der Waals surface area contributed by atoms with Crippen molar-refractivity contribution >= 4 is 5.97 Å². The lowest BCUT2D eigenvalue weighted by Crippen LogP contribution is -2.43. The summed E-state index contributed by atoms with van der Waals surface area (Å²) in [5.41, 5.74) is 0.371. The molecule has 92 valence electrons. The molecule has 0 aromatic carbocycles. The van der Waals surface area contributed by atoms with Crippen LogP contribution in [0.25, 0.3) is 0 Å². The van der Waals surface area contributed by atoms with Gasteiger partial charge in [-0.15, -0.1) is 0 Å². The van der Waals surface area contributed by atoms with E-state index >= 15 is 0 Å². The van der Waals surface area contributed by atoms with E-state index in [1.807, 2.05) is 0 Å². The zero-order valence-corrected chi connectivity index (χ0v) is 10.2. The van der Waals surface area contributed by atoms with Crippen molar-refractivity contribution in [1.82, 2.24) is 4.90 Å². The summed E-state index contributed by atoms with van der Waals surface area (Å²) in [6.45, 7) is 4.31. The third-order valence-corrected chi connectivity index (χ3v) is 4.29. The zero-order valence-electron chi connectivity index (χ0n) is 10.2. The summed E-state index contributed by atoms with van der Waals surface area (Å²) >= 11 is 0. The van der Waals surface area contributed by atoms with Crippen molar-refractivity contribution in [3.8, 4) is 0 Å². The summed E-state index contributed by atoms with van der Waals surface area (Å²) in [5.74, 6) is -0.628. The molecule has 1 saturated carbocycles. The van der Waals surface area contributed by atoms with Crippen LogP contribution in [-0.2, 0) is 4.79 Å². The number of carbonyl (C=O) groups is 1. The fourth-order valence-corrected chi connectivity index (χ4v) is 3.35. The second-order valence-corrected chi connectivity index (χ2v) is 5.84. The quantitative estimate of drug-likeness (QED) is 0.802. The highest BCUT2D eigenvalue weighted by Crippen LogP contribution is 2.37. The lowest BCUT2D eigenvalue weighted by Gasteiger charge is -2.38. The van der Waals surface area contributed by atoms with Gasteiger partial charge >= 0.3 is 5.97 Å². The molecule has 2 aliphatic rings. The van der Waals surface area contributed by atoms with Gasteiger partial charge in [0.15, 0.2) is 0 Å². The van der Waals surface area contributed by atoms with E-state index in [0.717, 1.165) is 25.9 Å². The molecule has 3 nitrogen and oxygen atoms in total. The van der Waals surface area contributed by atoms with Gasteiger partial charge in [-0.2, -0.15) is 0 Å². The molecule has 2 rings (SSSR count). The van der Waals surface area contributed by atoms with Gasteiger partial charge in [0.25, 0.3) is 0 Å². The summed E-state index contributed by atoms with van der Waals surface area (Å²) in [7, 11) is 0. The van der Waals surface area contributed by atoms with E-state index in [-0.39, 0.29) is 6.04 Å². The minimum atomic E-state index is -0.628. The van der Waals surface area contributed by atoms with E-state index in [1.54, 1.807) is 0 Å². The van der Waals surface area contributed by atoms with Crippen LogP contribution in [0.4, 0.5) is 0 Å². The molecule has 1 N–H and O–H groups in total. The van der Waals surface area contributed by atoms with Gasteiger partial charge in [-0.25, -0.2) is 0 Å². The zero-order chi connectivity index (χ0) is 11.6. The molecule has 1 heterocycles. The first-order valence-corrected chi connectivity index (χ1v) is 6.58. The van der Waals surface area contributed by atoms with Gasteiger partial charge in [0, 0.05) is 6.54 Å². The van der Waals surface area contributed by atoms with Crippen molar-refractivity contribution in [2.45, 2.75) is 57.9 Å². The molecule has 16 heavy (non-hydrogen) atoms. The summed E-state index contributed by atoms with van der Waals surface area (Å²) in [5, 5.41) is 9.16. The Morgan fingerprint density at radius 3 is 2.62 bits per heavy atom. The maximum Gasteiger partial charge on any atom is 0.320 e. The summed E-state index contributed by atoms with van der Waals surface area (Å²) in [6.07, 6.45) is 8.44. The van der Waals surface area contributed by atoms with Crippen LogP contribution in [-0.4, -0.2) is 35.1 Å². The minimum Gasteiger partial charge on any atom is -0.480 e. The average Bonchev–Trinajstić information content (AvgIpc) is 2.66. The second-order valence-electron chi connectivity index (χ2n) is 5.84. The van der Waals surface area contributed by atoms with Crippen LogP contribution >= 0.6 is 0 Å². The largest absolute Gasteiger partial charge is 0.480 e. The van der Waals surface area contributed by atoms with Crippen LogP contribution in [0.5, 0.6) is 0 Å². The summed E-state index contributed by atoms with van der Waals surface area (Å²) in [4.78, 5) is 13.3. The molecule has 0 radical (unpaired) electrons. The van der Waals surface area contributed by atoms with E-state index in [1.165, 1.54) is 32.1 Å². The van der Waals surface area contributed by atoms with Crippen LogP contribution in [0.2, 0.25) is 0 Å². The third kappa shape index (κ3) is 2.57. The molecule has 1 unspecified atom stereocenters. The van der Waals surface area contributed by atoms with Crippen molar-refractivity contribution in [2.24, 2.45) is 5.41 Å². The Bertz CT molecular complexity index is 259. The molecule has 0 aromatic rings. The van der Waals surface area contributed by atoms with E-state index < -0.39 is 5.97 Å². The fraction of sp³-hybridized carbons (Fsp3) is 0.923. The van der Waals surface area contributed by atoms with Crippen molar-refractivity contribution in [1.29, 1.82) is 0 Å². The first-order valence-electron chi connectivity index (χ1n) is 6.58. The van der Waals surface area contributed by atoms with Gasteiger partial charge in [-0.1, -0.05) is 26.2 Å². The predicted molar refractivity (Wildman–Crippen MR) is 63.4 cm³/mol. The number of carboxylic acids is 1. The number of likely N-dealkylation sites (tertiary alicyclic amines) is 1. The Morgan fingerprint density at radius 1 is 1.31 bits per heavy atom. The smallest absolute Gasteiger partial charge is 0.320 e. The molecular formula is C13H23NO2. The minimum absolute atomic E-state index is 0.209. The fourth-order valence-electron chi connectivity index (χ4n) is 3.35. The molecule has 1 aliphatic heterocycles. The van der Waals surface area contributed by atoms with E-state index in [9.17, 15) is 4.79 Å². The van der Waals surface area contributed by atoms with Crippen LogP contribution in [0, 0.1) is 5.41 Å². The number of aliphatic carboxylic acids is 1.